The van der Waals surface area contributed by atoms with Crippen molar-refractivity contribution in [1.29, 1.82) is 0 Å². The number of carbonyl (C=O) groups is 1. The molecule has 5 nitrogen and oxygen atoms in total. The molecule has 3 saturated heterocycles. The van der Waals surface area contributed by atoms with Crippen molar-refractivity contribution >= 4 is 28.1 Å². The molecule has 0 saturated carbocycles. The Balaban J connectivity index is 1.44. The molecule has 25 heavy (non-hydrogen) atoms. The molecule has 0 radical (unpaired) electrons. The zero-order chi connectivity index (χ0) is 16.8. The summed E-state index contributed by atoms with van der Waals surface area (Å²) >= 11 is 1.68. The van der Waals surface area contributed by atoms with Crippen LogP contribution in [-0.2, 0) is 0 Å². The summed E-state index contributed by atoms with van der Waals surface area (Å²) in [4.78, 5) is 15.3. The second-order valence-electron chi connectivity index (χ2n) is 7.06. The number of fused-ring (bicyclic) bond motifs is 4. The predicted octanol–water partition coefficient (Wildman–Crippen LogP) is 3.12. The number of carbonyl (C=O) groups excluding carboxylic acids is 1. The highest BCUT2D eigenvalue weighted by molar-refractivity contribution is 7.08. The Bertz CT molecular complexity index is 909. The molecule has 128 valence electrons. The first-order valence-corrected chi connectivity index (χ1v) is 9.76. The van der Waals surface area contributed by atoms with Gasteiger partial charge in [-0.1, -0.05) is 6.07 Å². The van der Waals surface area contributed by atoms with E-state index in [9.17, 15) is 4.79 Å². The van der Waals surface area contributed by atoms with E-state index < -0.39 is 0 Å². The molecule has 0 spiro atoms. The van der Waals surface area contributed by atoms with Crippen molar-refractivity contribution in [2.24, 2.45) is 5.92 Å². The van der Waals surface area contributed by atoms with Crippen molar-refractivity contribution in [3.63, 3.8) is 0 Å². The van der Waals surface area contributed by atoms with Crippen LogP contribution in [0.15, 0.2) is 35.0 Å². The number of thiophene rings is 1. The van der Waals surface area contributed by atoms with Gasteiger partial charge < -0.3 is 10.2 Å². The minimum Gasteiger partial charge on any atom is -0.346 e. The van der Waals surface area contributed by atoms with Crippen molar-refractivity contribution in [1.82, 2.24) is 20.4 Å². The van der Waals surface area contributed by atoms with E-state index in [1.807, 2.05) is 6.07 Å². The fourth-order valence-electron chi connectivity index (χ4n) is 4.16. The van der Waals surface area contributed by atoms with Gasteiger partial charge in [-0.3, -0.25) is 9.89 Å². The van der Waals surface area contributed by atoms with Crippen molar-refractivity contribution in [3.05, 3.63) is 40.7 Å². The third-order valence-corrected chi connectivity index (χ3v) is 6.29. The predicted molar refractivity (Wildman–Crippen MR) is 99.8 cm³/mol. The number of nitrogens with one attached hydrogen (secondary N) is 2. The van der Waals surface area contributed by atoms with E-state index in [1.54, 1.807) is 11.3 Å². The maximum atomic E-state index is 12.9. The van der Waals surface area contributed by atoms with Gasteiger partial charge in [0.2, 0.25) is 0 Å². The lowest BCUT2D eigenvalue weighted by atomic mass is 9.84. The average Bonchev–Trinajstić information content (AvgIpc) is 3.32. The lowest BCUT2D eigenvalue weighted by Crippen LogP contribution is -2.57. The fourth-order valence-corrected chi connectivity index (χ4v) is 4.83. The second-order valence-corrected chi connectivity index (χ2v) is 7.84. The van der Waals surface area contributed by atoms with Crippen LogP contribution in [0.2, 0.25) is 0 Å². The molecule has 1 unspecified atom stereocenters. The van der Waals surface area contributed by atoms with Gasteiger partial charge in [-0.05, 0) is 71.9 Å². The van der Waals surface area contributed by atoms with E-state index in [-0.39, 0.29) is 11.9 Å². The first-order chi connectivity index (χ1) is 12.3. The molecule has 3 aromatic rings. The average molecular weight is 352 g/mol. The Hall–Kier alpha value is -2.18. The number of hydrogen-bond acceptors (Lipinski definition) is 4. The molecule has 6 heteroatoms. The van der Waals surface area contributed by atoms with Crippen LogP contribution >= 0.6 is 11.3 Å². The molecule has 1 aromatic carbocycles. The first-order valence-electron chi connectivity index (χ1n) is 8.82. The van der Waals surface area contributed by atoms with E-state index in [0.29, 0.717) is 11.6 Å². The summed E-state index contributed by atoms with van der Waals surface area (Å²) < 4.78 is 0. The SMILES string of the molecule is O=C(NC1CN2CCC1CC2)c1n[nH]c2ccc(-c3ccsc3)cc12. The second kappa shape index (κ2) is 5.97. The molecule has 1 atom stereocenters. The van der Waals surface area contributed by atoms with Gasteiger partial charge in [0.15, 0.2) is 5.69 Å². The summed E-state index contributed by atoms with van der Waals surface area (Å²) in [6, 6.07) is 8.48. The van der Waals surface area contributed by atoms with Crippen LogP contribution in [0.1, 0.15) is 23.3 Å². The number of hydrogen-bond donors (Lipinski definition) is 2. The molecule has 2 N–H and O–H groups in total. The number of benzene rings is 1. The van der Waals surface area contributed by atoms with Crippen LogP contribution < -0.4 is 5.32 Å². The van der Waals surface area contributed by atoms with E-state index in [1.165, 1.54) is 31.5 Å². The molecule has 2 bridgehead atoms. The van der Waals surface area contributed by atoms with Crippen LogP contribution in [-0.4, -0.2) is 46.7 Å². The normalized spacial score (nSPS) is 25.4. The quantitative estimate of drug-likeness (QED) is 0.761. The number of amides is 1. The van der Waals surface area contributed by atoms with Crippen LogP contribution in [0.4, 0.5) is 0 Å². The summed E-state index contributed by atoms with van der Waals surface area (Å²) in [7, 11) is 0. The van der Waals surface area contributed by atoms with E-state index in [2.05, 4.69) is 49.4 Å². The van der Waals surface area contributed by atoms with Gasteiger partial charge in [-0.15, -0.1) is 0 Å². The molecular weight excluding hydrogens is 332 g/mol. The molecule has 2 aromatic heterocycles. The lowest BCUT2D eigenvalue weighted by Gasteiger charge is -2.44. The number of aromatic nitrogens is 2. The van der Waals surface area contributed by atoms with Gasteiger partial charge in [0.25, 0.3) is 5.91 Å². The van der Waals surface area contributed by atoms with Crippen molar-refractivity contribution in [3.8, 4) is 11.1 Å². The molecule has 5 heterocycles. The molecule has 6 rings (SSSR count). The van der Waals surface area contributed by atoms with Crippen molar-refractivity contribution in [2.45, 2.75) is 18.9 Å². The Morgan fingerprint density at radius 1 is 1.24 bits per heavy atom. The molecule has 0 aliphatic carbocycles. The van der Waals surface area contributed by atoms with Crippen LogP contribution in [0.5, 0.6) is 0 Å². The largest absolute Gasteiger partial charge is 0.346 e. The lowest BCUT2D eigenvalue weighted by molar-refractivity contribution is 0.0618. The molecule has 3 aliphatic heterocycles. The molecular formula is C19H20N4OS. The van der Waals surface area contributed by atoms with Crippen LogP contribution in [0.25, 0.3) is 22.0 Å². The monoisotopic (exact) mass is 352 g/mol. The van der Waals surface area contributed by atoms with E-state index in [4.69, 9.17) is 0 Å². The number of H-pyrrole nitrogens is 1. The third-order valence-electron chi connectivity index (χ3n) is 5.61. The summed E-state index contributed by atoms with van der Waals surface area (Å²) in [6.07, 6.45) is 2.38. The fraction of sp³-hybridized carbons (Fsp3) is 0.368. The van der Waals surface area contributed by atoms with Gasteiger partial charge in [0, 0.05) is 18.0 Å². The molecule has 3 aliphatic rings. The number of nitrogens with zero attached hydrogens (tertiary/aromatic N) is 2. The first kappa shape index (κ1) is 15.1. The molecule has 1 amide bonds. The van der Waals surface area contributed by atoms with Crippen LogP contribution in [0, 0.1) is 5.92 Å². The van der Waals surface area contributed by atoms with Gasteiger partial charge in [-0.25, -0.2) is 0 Å². The molecule has 3 fully saturated rings. The minimum atomic E-state index is -0.0625. The topological polar surface area (TPSA) is 61.0 Å². The highest BCUT2D eigenvalue weighted by Crippen LogP contribution is 2.29. The highest BCUT2D eigenvalue weighted by Gasteiger charge is 2.35. The summed E-state index contributed by atoms with van der Waals surface area (Å²) in [5, 5.41) is 15.6. The smallest absolute Gasteiger partial charge is 0.272 e. The summed E-state index contributed by atoms with van der Waals surface area (Å²) in [6.45, 7) is 3.32. The Labute approximate surface area is 150 Å². The van der Waals surface area contributed by atoms with Gasteiger partial charge >= 0.3 is 0 Å². The number of aromatic amines is 1. The van der Waals surface area contributed by atoms with Gasteiger partial charge in [0.1, 0.15) is 0 Å². The van der Waals surface area contributed by atoms with Gasteiger partial charge in [0.05, 0.1) is 5.52 Å². The van der Waals surface area contributed by atoms with E-state index in [0.717, 1.165) is 23.0 Å². The van der Waals surface area contributed by atoms with Crippen molar-refractivity contribution < 1.29 is 4.79 Å². The summed E-state index contributed by atoms with van der Waals surface area (Å²) in [5.74, 6) is 0.549. The minimum absolute atomic E-state index is 0.0625. The number of piperidine rings is 3. The maximum absolute atomic E-state index is 12.9. The summed E-state index contributed by atoms with van der Waals surface area (Å²) in [5.41, 5.74) is 3.70. The zero-order valence-electron chi connectivity index (χ0n) is 13.9. The van der Waals surface area contributed by atoms with Crippen molar-refractivity contribution in [2.75, 3.05) is 19.6 Å². The highest BCUT2D eigenvalue weighted by atomic mass is 32.1. The Morgan fingerprint density at radius 2 is 2.12 bits per heavy atom. The third kappa shape index (κ3) is 2.65. The number of rotatable bonds is 3. The Morgan fingerprint density at radius 3 is 2.84 bits per heavy atom. The Kier molecular flexibility index (Phi) is 3.60. The van der Waals surface area contributed by atoms with Gasteiger partial charge in [-0.2, -0.15) is 16.4 Å². The van der Waals surface area contributed by atoms with Crippen LogP contribution in [0.3, 0.4) is 0 Å². The maximum Gasteiger partial charge on any atom is 0.272 e. The standard InChI is InChI=1S/C19H20N4OS/c24-19(20-17-10-23-6-3-12(17)4-7-23)18-15-9-13(14-5-8-25-11-14)1-2-16(15)21-22-18/h1-2,5,8-9,11-12,17H,3-4,6-7,10H2,(H,20,24)(H,21,22). The van der Waals surface area contributed by atoms with E-state index >= 15 is 0 Å². The zero-order valence-corrected chi connectivity index (χ0v) is 14.7.